The lowest BCUT2D eigenvalue weighted by molar-refractivity contribution is -0.136. The number of hydrogen-bond acceptors (Lipinski definition) is 7. The fourth-order valence-corrected chi connectivity index (χ4v) is 4.27. The van der Waals surface area contributed by atoms with Gasteiger partial charge >= 0.3 is 6.09 Å². The van der Waals surface area contributed by atoms with Crippen LogP contribution in [0.5, 0.6) is 0 Å². The molecule has 4 rings (SSSR count). The van der Waals surface area contributed by atoms with E-state index < -0.39 is 34.8 Å². The molecule has 2 N–H and O–H groups in total. The van der Waals surface area contributed by atoms with Crippen LogP contribution in [0.3, 0.4) is 0 Å². The Labute approximate surface area is 190 Å². The van der Waals surface area contributed by atoms with Crippen LogP contribution in [0.25, 0.3) is 10.8 Å². The zero-order valence-electron chi connectivity index (χ0n) is 19.0. The summed E-state index contributed by atoms with van der Waals surface area (Å²) in [6, 6.07) is 4.21. The van der Waals surface area contributed by atoms with Gasteiger partial charge in [-0.15, -0.1) is 0 Å². The van der Waals surface area contributed by atoms with Gasteiger partial charge in [0.2, 0.25) is 5.91 Å². The summed E-state index contributed by atoms with van der Waals surface area (Å²) in [4.78, 5) is 50.4. The average Bonchev–Trinajstić information content (AvgIpc) is 2.74. The summed E-state index contributed by atoms with van der Waals surface area (Å²) in [6.45, 7) is 6.12. The normalized spacial score (nSPS) is 21.1. The minimum absolute atomic E-state index is 0.148. The first kappa shape index (κ1) is 22.9. The highest BCUT2D eigenvalue weighted by molar-refractivity contribution is 5.99. The van der Waals surface area contributed by atoms with Crippen molar-refractivity contribution >= 4 is 28.7 Å². The Balaban J connectivity index is 1.54. The molecular weight excluding hydrogens is 428 g/mol. The number of carbonyl (C=O) groups is 3. The molecule has 1 atom stereocenters. The van der Waals surface area contributed by atoms with E-state index in [-0.39, 0.29) is 18.7 Å². The van der Waals surface area contributed by atoms with Gasteiger partial charge < -0.3 is 14.7 Å². The number of likely N-dealkylation sites (tertiary alicyclic amines) is 1. The molecule has 2 saturated heterocycles. The highest BCUT2D eigenvalue weighted by Gasteiger charge is 2.37. The van der Waals surface area contributed by atoms with Gasteiger partial charge in [-0.2, -0.15) is 5.10 Å². The molecule has 0 radical (unpaired) electrons. The molecule has 2 aromatic rings. The number of ether oxygens (including phenoxy) is 1. The summed E-state index contributed by atoms with van der Waals surface area (Å²) in [5.74, 6) is -0.899. The smallest absolute Gasteiger partial charge is 0.410 e. The van der Waals surface area contributed by atoms with Crippen molar-refractivity contribution < 1.29 is 24.2 Å². The quantitative estimate of drug-likeness (QED) is 0.656. The summed E-state index contributed by atoms with van der Waals surface area (Å²) < 4.78 is 6.52. The van der Waals surface area contributed by atoms with Crippen LogP contribution in [-0.2, 0) is 19.9 Å². The molecule has 1 unspecified atom stereocenters. The Hall–Kier alpha value is -3.27. The molecular formula is C23H28N4O6. The van der Waals surface area contributed by atoms with Crippen LogP contribution < -0.4 is 10.9 Å². The van der Waals surface area contributed by atoms with Crippen molar-refractivity contribution in [2.24, 2.45) is 0 Å². The molecule has 176 valence electrons. The summed E-state index contributed by atoms with van der Waals surface area (Å²) in [6.07, 6.45) is 2.12. The number of rotatable bonds is 2. The van der Waals surface area contributed by atoms with Crippen molar-refractivity contribution in [3.05, 3.63) is 40.3 Å². The van der Waals surface area contributed by atoms with Crippen molar-refractivity contribution in [1.82, 2.24) is 20.0 Å². The van der Waals surface area contributed by atoms with Crippen molar-refractivity contribution in [2.45, 2.75) is 63.7 Å². The van der Waals surface area contributed by atoms with E-state index in [1.54, 1.807) is 23.1 Å². The van der Waals surface area contributed by atoms with Crippen molar-refractivity contribution in [3.8, 4) is 0 Å². The van der Waals surface area contributed by atoms with Gasteiger partial charge in [0.05, 0.1) is 17.2 Å². The third-order valence-corrected chi connectivity index (χ3v) is 6.10. The van der Waals surface area contributed by atoms with Crippen molar-refractivity contribution in [2.75, 3.05) is 13.1 Å². The lowest BCUT2D eigenvalue weighted by atomic mass is 9.84. The van der Waals surface area contributed by atoms with Gasteiger partial charge in [-0.1, -0.05) is 6.07 Å². The zero-order chi connectivity index (χ0) is 24.0. The Morgan fingerprint density at radius 2 is 1.91 bits per heavy atom. The van der Waals surface area contributed by atoms with Gasteiger partial charge in [-0.25, -0.2) is 9.48 Å². The second-order valence-electron chi connectivity index (χ2n) is 9.66. The van der Waals surface area contributed by atoms with Crippen molar-refractivity contribution in [1.29, 1.82) is 0 Å². The number of amides is 3. The van der Waals surface area contributed by atoms with Crippen LogP contribution in [0.1, 0.15) is 58.1 Å². The second kappa shape index (κ2) is 8.26. The molecule has 0 bridgehead atoms. The molecule has 2 aliphatic heterocycles. The maximum atomic E-state index is 13.0. The number of nitrogens with zero attached hydrogens (tertiary/aromatic N) is 3. The molecule has 0 aliphatic carbocycles. The van der Waals surface area contributed by atoms with E-state index in [0.29, 0.717) is 42.3 Å². The third kappa shape index (κ3) is 4.61. The van der Waals surface area contributed by atoms with Gasteiger partial charge in [-0.3, -0.25) is 19.7 Å². The topological polar surface area (TPSA) is 131 Å². The van der Waals surface area contributed by atoms with Gasteiger partial charge in [-0.05, 0) is 57.7 Å². The molecule has 10 nitrogen and oxygen atoms in total. The molecule has 33 heavy (non-hydrogen) atoms. The van der Waals surface area contributed by atoms with Crippen molar-refractivity contribution in [3.63, 3.8) is 0 Å². The van der Waals surface area contributed by atoms with Crippen LogP contribution in [0, 0.1) is 0 Å². The van der Waals surface area contributed by atoms with Crippen LogP contribution in [0.15, 0.2) is 29.2 Å². The molecule has 1 aromatic heterocycles. The van der Waals surface area contributed by atoms with Crippen LogP contribution in [-0.4, -0.2) is 56.4 Å². The number of hydrogen-bond donors (Lipinski definition) is 2. The zero-order valence-corrected chi connectivity index (χ0v) is 19.0. The minimum Gasteiger partial charge on any atom is -0.444 e. The van der Waals surface area contributed by atoms with E-state index >= 15 is 0 Å². The third-order valence-electron chi connectivity index (χ3n) is 6.10. The number of carbonyl (C=O) groups excluding carboxylic acids is 3. The number of nitrogens with one attached hydrogen (secondary N) is 1. The van der Waals surface area contributed by atoms with Gasteiger partial charge in [0.25, 0.3) is 11.5 Å². The highest BCUT2D eigenvalue weighted by Crippen LogP contribution is 2.34. The van der Waals surface area contributed by atoms with E-state index in [4.69, 9.17) is 4.74 Å². The number of aliphatic hydroxyl groups is 1. The van der Waals surface area contributed by atoms with Gasteiger partial charge in [0, 0.05) is 24.9 Å². The Kier molecular flexibility index (Phi) is 5.73. The minimum atomic E-state index is -1.15. The molecule has 0 saturated carbocycles. The molecule has 10 heteroatoms. The number of benzene rings is 1. The number of aromatic nitrogens is 2. The highest BCUT2D eigenvalue weighted by atomic mass is 16.6. The second-order valence-corrected chi connectivity index (χ2v) is 9.66. The molecule has 3 heterocycles. The van der Waals surface area contributed by atoms with E-state index in [2.05, 4.69) is 10.4 Å². The Bertz CT molecular complexity index is 1170. The lowest BCUT2D eigenvalue weighted by Gasteiger charge is -2.39. The molecule has 0 spiro atoms. The summed E-state index contributed by atoms with van der Waals surface area (Å²) in [5, 5.41) is 18.6. The van der Waals surface area contributed by atoms with Crippen LogP contribution >= 0.6 is 0 Å². The SMILES string of the molecule is CC(C)(C)OC(=O)N1CCC(O)(c2ccc3c(=O)n(C4CCC(=O)NC4=O)ncc3c2)CC1. The Morgan fingerprint density at radius 1 is 1.21 bits per heavy atom. The fourth-order valence-electron chi connectivity index (χ4n) is 4.27. The van der Waals surface area contributed by atoms with Crippen LogP contribution in [0.4, 0.5) is 4.79 Å². The molecule has 2 aliphatic rings. The first-order valence-corrected chi connectivity index (χ1v) is 11.0. The van der Waals surface area contributed by atoms with E-state index in [1.807, 2.05) is 20.8 Å². The van der Waals surface area contributed by atoms with E-state index in [9.17, 15) is 24.3 Å². The fraction of sp³-hybridized carbons (Fsp3) is 0.522. The number of imide groups is 1. The summed E-state index contributed by atoms with van der Waals surface area (Å²) in [7, 11) is 0. The standard InChI is InChI=1S/C23H28N4O6/c1-22(2,3)33-21(31)26-10-8-23(32,9-11-26)15-4-5-16-14(12-15)13-24-27(20(16)30)17-6-7-18(28)25-19(17)29/h4-5,12-13,17,32H,6-11H2,1-3H3,(H,25,28,29). The lowest BCUT2D eigenvalue weighted by Crippen LogP contribution is -2.46. The van der Waals surface area contributed by atoms with Gasteiger partial charge in [0.15, 0.2) is 0 Å². The largest absolute Gasteiger partial charge is 0.444 e. The maximum absolute atomic E-state index is 13.0. The predicted octanol–water partition coefficient (Wildman–Crippen LogP) is 1.59. The van der Waals surface area contributed by atoms with E-state index in [0.717, 1.165) is 4.68 Å². The molecule has 3 amide bonds. The van der Waals surface area contributed by atoms with E-state index in [1.165, 1.54) is 6.20 Å². The molecule has 2 fully saturated rings. The Morgan fingerprint density at radius 3 is 2.55 bits per heavy atom. The molecule has 1 aromatic carbocycles. The maximum Gasteiger partial charge on any atom is 0.410 e. The summed E-state index contributed by atoms with van der Waals surface area (Å²) >= 11 is 0. The monoisotopic (exact) mass is 456 g/mol. The van der Waals surface area contributed by atoms with Gasteiger partial charge in [0.1, 0.15) is 11.6 Å². The van der Waals surface area contributed by atoms with Crippen LogP contribution in [0.2, 0.25) is 0 Å². The number of piperidine rings is 2. The first-order chi connectivity index (χ1) is 15.5. The number of fused-ring (bicyclic) bond motifs is 1. The predicted molar refractivity (Wildman–Crippen MR) is 118 cm³/mol. The summed E-state index contributed by atoms with van der Waals surface area (Å²) in [5.41, 5.74) is -1.53. The average molecular weight is 456 g/mol. The first-order valence-electron chi connectivity index (χ1n) is 11.0.